The third-order valence-electron chi connectivity index (χ3n) is 4.27. The first-order chi connectivity index (χ1) is 10.9. The van der Waals surface area contributed by atoms with Gasteiger partial charge in [-0.3, -0.25) is 0 Å². The molecule has 1 heteroatoms. The molecule has 130 valence electrons. The second-order valence-corrected chi connectivity index (χ2v) is 6.50. The van der Waals surface area contributed by atoms with Crippen molar-refractivity contribution in [3.05, 3.63) is 25.3 Å². The number of nitrogens with one attached hydrogen (secondary N) is 1. The van der Waals surface area contributed by atoms with Crippen molar-refractivity contribution >= 4 is 0 Å². The van der Waals surface area contributed by atoms with Crippen molar-refractivity contribution in [3.63, 3.8) is 0 Å². The topological polar surface area (TPSA) is 12.0 Å². The molecule has 0 rings (SSSR count). The van der Waals surface area contributed by atoms with Gasteiger partial charge in [0.2, 0.25) is 0 Å². The number of hydrogen-bond donors (Lipinski definition) is 1. The van der Waals surface area contributed by atoms with Crippen LogP contribution in [-0.2, 0) is 0 Å². The molecule has 0 saturated carbocycles. The van der Waals surface area contributed by atoms with Crippen molar-refractivity contribution in [3.8, 4) is 0 Å². The summed E-state index contributed by atoms with van der Waals surface area (Å²) in [5, 5.41) is 3.57. The van der Waals surface area contributed by atoms with Crippen LogP contribution in [0.1, 0.15) is 96.3 Å². The van der Waals surface area contributed by atoms with Gasteiger partial charge in [-0.15, -0.1) is 13.2 Å². The minimum atomic E-state index is 1.18. The summed E-state index contributed by atoms with van der Waals surface area (Å²) in [6.07, 6.45) is 24.5. The second kappa shape index (κ2) is 20.4. The highest BCUT2D eigenvalue weighted by molar-refractivity contribution is 4.66. The predicted molar refractivity (Wildman–Crippen MR) is 103 cm³/mol. The molecule has 0 aromatic heterocycles. The fourth-order valence-corrected chi connectivity index (χ4v) is 2.79. The first-order valence-corrected chi connectivity index (χ1v) is 9.84. The molecule has 0 radical (unpaired) electrons. The van der Waals surface area contributed by atoms with Crippen LogP contribution in [0.25, 0.3) is 0 Å². The van der Waals surface area contributed by atoms with Crippen LogP contribution in [0.4, 0.5) is 0 Å². The molecule has 0 saturated heterocycles. The van der Waals surface area contributed by atoms with Crippen molar-refractivity contribution in [1.29, 1.82) is 0 Å². The molecule has 0 amide bonds. The van der Waals surface area contributed by atoms with Gasteiger partial charge < -0.3 is 5.32 Å². The fourth-order valence-electron chi connectivity index (χ4n) is 2.79. The summed E-state index contributed by atoms with van der Waals surface area (Å²) < 4.78 is 0. The molecule has 0 bridgehead atoms. The highest BCUT2D eigenvalue weighted by Crippen LogP contribution is 2.11. The molecule has 1 nitrogen and oxygen atoms in total. The fraction of sp³-hybridized carbons (Fsp3) is 0.810. The number of hydrogen-bond acceptors (Lipinski definition) is 1. The van der Waals surface area contributed by atoms with Crippen molar-refractivity contribution in [1.82, 2.24) is 5.32 Å². The largest absolute Gasteiger partial charge is 0.317 e. The van der Waals surface area contributed by atoms with Gasteiger partial charge in [-0.1, -0.05) is 69.9 Å². The molecule has 0 aliphatic carbocycles. The monoisotopic (exact) mass is 307 g/mol. The Morgan fingerprint density at radius 3 is 1.18 bits per heavy atom. The van der Waals surface area contributed by atoms with E-state index in [1.807, 2.05) is 12.2 Å². The van der Waals surface area contributed by atoms with Gasteiger partial charge in [-0.25, -0.2) is 0 Å². The van der Waals surface area contributed by atoms with Gasteiger partial charge in [0.25, 0.3) is 0 Å². The van der Waals surface area contributed by atoms with Gasteiger partial charge >= 0.3 is 0 Å². The van der Waals surface area contributed by atoms with Crippen LogP contribution in [0, 0.1) is 0 Å². The van der Waals surface area contributed by atoms with Crippen molar-refractivity contribution in [2.45, 2.75) is 96.3 Å². The lowest BCUT2D eigenvalue weighted by molar-refractivity contribution is 0.534. The van der Waals surface area contributed by atoms with E-state index in [2.05, 4.69) is 18.5 Å². The Morgan fingerprint density at radius 1 is 0.455 bits per heavy atom. The zero-order chi connectivity index (χ0) is 16.1. The van der Waals surface area contributed by atoms with Crippen molar-refractivity contribution < 1.29 is 0 Å². The Balaban J connectivity index is 2.94. The van der Waals surface area contributed by atoms with E-state index in [0.717, 1.165) is 0 Å². The van der Waals surface area contributed by atoms with Gasteiger partial charge in [-0.05, 0) is 51.6 Å². The molecule has 1 N–H and O–H groups in total. The zero-order valence-electron chi connectivity index (χ0n) is 15.1. The van der Waals surface area contributed by atoms with E-state index in [9.17, 15) is 0 Å². The number of rotatable bonds is 19. The minimum Gasteiger partial charge on any atom is -0.317 e. The first kappa shape index (κ1) is 21.4. The molecule has 0 aromatic carbocycles. The molecule has 0 atom stereocenters. The Morgan fingerprint density at radius 2 is 0.773 bits per heavy atom. The Labute approximate surface area is 140 Å². The Bertz CT molecular complexity index is 198. The quantitative estimate of drug-likeness (QED) is 0.204. The average molecular weight is 308 g/mol. The normalized spacial score (nSPS) is 10.7. The summed E-state index contributed by atoms with van der Waals surface area (Å²) in [6.45, 7) is 9.93. The molecule has 0 unspecified atom stereocenters. The van der Waals surface area contributed by atoms with E-state index in [4.69, 9.17) is 0 Å². The standard InChI is InChI=1S/C21H41N/c1-3-5-7-9-10-11-12-13-14-15-17-19-21-22-20-18-16-8-6-4-2/h3-4,22H,1-2,5-21H2. The van der Waals surface area contributed by atoms with Gasteiger partial charge in [0.1, 0.15) is 0 Å². The summed E-state index contributed by atoms with van der Waals surface area (Å²) in [7, 11) is 0. The maximum absolute atomic E-state index is 3.77. The molecule has 0 fully saturated rings. The molecule has 0 aromatic rings. The number of unbranched alkanes of at least 4 members (excludes halogenated alkanes) is 13. The Hall–Kier alpha value is -0.560. The lowest BCUT2D eigenvalue weighted by Gasteiger charge is -2.05. The summed E-state index contributed by atoms with van der Waals surface area (Å²) in [5.74, 6) is 0. The average Bonchev–Trinajstić information content (AvgIpc) is 2.54. The van der Waals surface area contributed by atoms with Crippen LogP contribution < -0.4 is 5.32 Å². The van der Waals surface area contributed by atoms with Crippen molar-refractivity contribution in [2.24, 2.45) is 0 Å². The summed E-state index contributed by atoms with van der Waals surface area (Å²) in [5.41, 5.74) is 0. The van der Waals surface area contributed by atoms with Crippen LogP contribution in [-0.4, -0.2) is 13.1 Å². The highest BCUT2D eigenvalue weighted by atomic mass is 14.8. The third kappa shape index (κ3) is 19.4. The van der Waals surface area contributed by atoms with Gasteiger partial charge in [0, 0.05) is 0 Å². The highest BCUT2D eigenvalue weighted by Gasteiger charge is 1.93. The molecule has 0 heterocycles. The smallest absolute Gasteiger partial charge is 0.00489 e. The van der Waals surface area contributed by atoms with Crippen molar-refractivity contribution in [2.75, 3.05) is 13.1 Å². The van der Waals surface area contributed by atoms with Crippen LogP contribution in [0.15, 0.2) is 25.3 Å². The third-order valence-corrected chi connectivity index (χ3v) is 4.27. The van der Waals surface area contributed by atoms with E-state index in [-0.39, 0.29) is 0 Å². The zero-order valence-corrected chi connectivity index (χ0v) is 15.1. The molecular formula is C21H41N. The SMILES string of the molecule is C=CCCCCCCCCCCCCNCCCCCC=C. The van der Waals surface area contributed by atoms with E-state index < -0.39 is 0 Å². The van der Waals surface area contributed by atoms with E-state index in [0.29, 0.717) is 0 Å². The molecule has 0 spiro atoms. The maximum Gasteiger partial charge on any atom is -0.00489 e. The summed E-state index contributed by atoms with van der Waals surface area (Å²) >= 11 is 0. The first-order valence-electron chi connectivity index (χ1n) is 9.84. The van der Waals surface area contributed by atoms with Gasteiger partial charge in [-0.2, -0.15) is 0 Å². The van der Waals surface area contributed by atoms with E-state index >= 15 is 0 Å². The number of allylic oxidation sites excluding steroid dienone is 2. The van der Waals surface area contributed by atoms with E-state index in [1.54, 1.807) is 0 Å². The van der Waals surface area contributed by atoms with Gasteiger partial charge in [0.05, 0.1) is 0 Å². The Kier molecular flexibility index (Phi) is 19.9. The predicted octanol–water partition coefficient (Wildman–Crippen LogP) is 6.80. The molecule has 0 aliphatic rings. The lowest BCUT2D eigenvalue weighted by Crippen LogP contribution is -2.16. The second-order valence-electron chi connectivity index (χ2n) is 6.50. The van der Waals surface area contributed by atoms with E-state index in [1.165, 1.54) is 109 Å². The van der Waals surface area contributed by atoms with Crippen LogP contribution in [0.2, 0.25) is 0 Å². The molecule has 22 heavy (non-hydrogen) atoms. The molecule has 0 aliphatic heterocycles. The summed E-state index contributed by atoms with van der Waals surface area (Å²) in [4.78, 5) is 0. The van der Waals surface area contributed by atoms with Crippen LogP contribution >= 0.6 is 0 Å². The van der Waals surface area contributed by atoms with Crippen LogP contribution in [0.5, 0.6) is 0 Å². The summed E-state index contributed by atoms with van der Waals surface area (Å²) in [6, 6.07) is 0. The minimum absolute atomic E-state index is 1.18. The molecular weight excluding hydrogens is 266 g/mol. The van der Waals surface area contributed by atoms with Gasteiger partial charge in [0.15, 0.2) is 0 Å². The maximum atomic E-state index is 3.77. The lowest BCUT2D eigenvalue weighted by atomic mass is 10.1. The van der Waals surface area contributed by atoms with Crippen LogP contribution in [0.3, 0.4) is 0 Å².